The highest BCUT2D eigenvalue weighted by atomic mass is 14.6. The molecular formula is C9H17N. The van der Waals surface area contributed by atoms with E-state index in [1.165, 1.54) is 0 Å². The fourth-order valence-corrected chi connectivity index (χ4v) is 0.276. The number of rotatable bonds is 3. The highest BCUT2D eigenvalue weighted by molar-refractivity contribution is 5.27. The molecule has 0 aromatic rings. The van der Waals surface area contributed by atoms with Crippen LogP contribution in [-0.4, -0.2) is 6.72 Å². The summed E-state index contributed by atoms with van der Waals surface area (Å²) in [7, 11) is 0. The van der Waals surface area contributed by atoms with Crippen LogP contribution in [0.3, 0.4) is 0 Å². The molecule has 10 heavy (non-hydrogen) atoms. The molecule has 0 saturated heterocycles. The summed E-state index contributed by atoms with van der Waals surface area (Å²) in [6, 6.07) is 0. The summed E-state index contributed by atoms with van der Waals surface area (Å²) in [4.78, 5) is 3.53. The minimum Gasteiger partial charge on any atom is -0.273 e. The molecule has 0 amide bonds. The first-order valence-corrected chi connectivity index (χ1v) is 3.61. The predicted molar refractivity (Wildman–Crippen MR) is 49.5 cm³/mol. The number of hydrogen-bond acceptors (Lipinski definition) is 1. The summed E-state index contributed by atoms with van der Waals surface area (Å²) in [5, 5.41) is 0. The summed E-state index contributed by atoms with van der Waals surface area (Å²) in [6.45, 7) is 13.1. The van der Waals surface area contributed by atoms with Crippen molar-refractivity contribution < 1.29 is 0 Å². The lowest BCUT2D eigenvalue weighted by atomic mass is 10.2. The van der Waals surface area contributed by atoms with Crippen LogP contribution in [0.1, 0.15) is 27.2 Å². The van der Waals surface area contributed by atoms with Gasteiger partial charge >= 0.3 is 0 Å². The molecule has 0 N–H and O–H groups in total. The highest BCUT2D eigenvalue weighted by Gasteiger charge is 1.76. The second-order valence-electron chi connectivity index (χ2n) is 1.51. The first-order valence-electron chi connectivity index (χ1n) is 3.61. The van der Waals surface area contributed by atoms with Crippen molar-refractivity contribution in [2.45, 2.75) is 27.2 Å². The predicted octanol–water partition coefficient (Wildman–Crippen LogP) is 3.19. The smallest absolute Gasteiger partial charge is 0.0263 e. The highest BCUT2D eigenvalue weighted by Crippen LogP contribution is 1.96. The quantitative estimate of drug-likeness (QED) is 0.420. The first kappa shape index (κ1) is 11.9. The number of aliphatic imine (C=N–C) groups is 1. The fraction of sp³-hybridized carbons (Fsp3) is 0.444. The van der Waals surface area contributed by atoms with Gasteiger partial charge in [0.05, 0.1) is 0 Å². The van der Waals surface area contributed by atoms with Gasteiger partial charge in [-0.2, -0.15) is 0 Å². The Kier molecular flexibility index (Phi) is 13.1. The van der Waals surface area contributed by atoms with Crippen LogP contribution < -0.4 is 0 Å². The summed E-state index contributed by atoms with van der Waals surface area (Å²) in [5.74, 6) is 0. The molecule has 0 aromatic heterocycles. The van der Waals surface area contributed by atoms with Crippen LogP contribution in [0, 0.1) is 0 Å². The molecule has 58 valence electrons. The van der Waals surface area contributed by atoms with E-state index in [0.29, 0.717) is 0 Å². The third kappa shape index (κ3) is 10.2. The average molecular weight is 139 g/mol. The van der Waals surface area contributed by atoms with E-state index in [4.69, 9.17) is 0 Å². The van der Waals surface area contributed by atoms with Crippen molar-refractivity contribution in [3.63, 3.8) is 0 Å². The van der Waals surface area contributed by atoms with Crippen molar-refractivity contribution in [3.05, 3.63) is 24.4 Å². The van der Waals surface area contributed by atoms with Crippen molar-refractivity contribution in [2.75, 3.05) is 0 Å². The minimum absolute atomic E-state index is 0.978. The van der Waals surface area contributed by atoms with Gasteiger partial charge in [0.1, 0.15) is 0 Å². The molecule has 0 fully saturated rings. The average Bonchev–Trinajstić information content (AvgIpc) is 2.04. The Morgan fingerprint density at radius 1 is 1.50 bits per heavy atom. The van der Waals surface area contributed by atoms with E-state index < -0.39 is 0 Å². The van der Waals surface area contributed by atoms with E-state index in [2.05, 4.69) is 25.2 Å². The van der Waals surface area contributed by atoms with Gasteiger partial charge in [0.2, 0.25) is 0 Å². The topological polar surface area (TPSA) is 12.4 Å². The van der Waals surface area contributed by atoms with Crippen LogP contribution in [-0.2, 0) is 0 Å². The molecule has 0 aliphatic heterocycles. The van der Waals surface area contributed by atoms with E-state index in [0.717, 1.165) is 12.0 Å². The molecule has 0 rings (SSSR count). The van der Waals surface area contributed by atoms with Gasteiger partial charge in [-0.1, -0.05) is 32.9 Å². The molecule has 0 bridgehead atoms. The standard InChI is InChI=1S/C7H11N.C2H6/c1-4-7(2)5-6-8-3;1-2/h5-6H,2-4H2,1H3;1-2H3/b6-5-;. The van der Waals surface area contributed by atoms with Crippen LogP contribution >= 0.6 is 0 Å². The van der Waals surface area contributed by atoms with Crippen molar-refractivity contribution >= 4 is 6.72 Å². The molecule has 0 saturated carbocycles. The van der Waals surface area contributed by atoms with Crippen molar-refractivity contribution in [2.24, 2.45) is 4.99 Å². The van der Waals surface area contributed by atoms with Crippen molar-refractivity contribution in [1.82, 2.24) is 0 Å². The maximum Gasteiger partial charge on any atom is 0.0263 e. The maximum atomic E-state index is 3.74. The Morgan fingerprint density at radius 3 is 2.30 bits per heavy atom. The second kappa shape index (κ2) is 11.0. The van der Waals surface area contributed by atoms with E-state index >= 15 is 0 Å². The SMILES string of the molecule is C=N/C=C\C(=C)CC.CC. The Balaban J connectivity index is 0. The molecule has 0 spiro atoms. The summed E-state index contributed by atoms with van der Waals surface area (Å²) in [5.41, 5.74) is 1.08. The van der Waals surface area contributed by atoms with Gasteiger partial charge in [-0.05, 0) is 19.2 Å². The third-order valence-electron chi connectivity index (χ3n) is 0.870. The first-order chi connectivity index (χ1) is 4.81. The summed E-state index contributed by atoms with van der Waals surface area (Å²) in [6.07, 6.45) is 4.48. The molecule has 1 heteroatoms. The Hall–Kier alpha value is -0.850. The van der Waals surface area contributed by atoms with Gasteiger partial charge in [0.15, 0.2) is 0 Å². The molecule has 1 nitrogen and oxygen atoms in total. The van der Waals surface area contributed by atoms with Gasteiger partial charge < -0.3 is 0 Å². The van der Waals surface area contributed by atoms with Crippen LogP contribution in [0.25, 0.3) is 0 Å². The second-order valence-corrected chi connectivity index (χ2v) is 1.51. The zero-order chi connectivity index (χ0) is 8.41. The zero-order valence-corrected chi connectivity index (χ0v) is 7.22. The molecule has 0 aliphatic rings. The van der Waals surface area contributed by atoms with Gasteiger partial charge in [-0.3, -0.25) is 4.99 Å². The van der Waals surface area contributed by atoms with E-state index in [1.54, 1.807) is 6.20 Å². The Labute approximate surface area is 64.2 Å². The number of hydrogen-bond donors (Lipinski definition) is 0. The van der Waals surface area contributed by atoms with Gasteiger partial charge in [0, 0.05) is 6.20 Å². The summed E-state index contributed by atoms with van der Waals surface area (Å²) < 4.78 is 0. The maximum absolute atomic E-state index is 3.74. The van der Waals surface area contributed by atoms with Crippen LogP contribution in [0.5, 0.6) is 0 Å². The van der Waals surface area contributed by atoms with E-state index in [9.17, 15) is 0 Å². The summed E-state index contributed by atoms with van der Waals surface area (Å²) >= 11 is 0. The lowest BCUT2D eigenvalue weighted by Gasteiger charge is -1.86. The molecule has 0 aromatic carbocycles. The monoisotopic (exact) mass is 139 g/mol. The van der Waals surface area contributed by atoms with E-state index in [1.807, 2.05) is 19.9 Å². The third-order valence-corrected chi connectivity index (χ3v) is 0.870. The fourth-order valence-electron chi connectivity index (χ4n) is 0.276. The van der Waals surface area contributed by atoms with Crippen molar-refractivity contribution in [1.29, 1.82) is 0 Å². The number of allylic oxidation sites excluding steroid dienone is 2. The lowest BCUT2D eigenvalue weighted by Crippen LogP contribution is -1.65. The number of nitrogens with zero attached hydrogens (tertiary/aromatic N) is 1. The largest absolute Gasteiger partial charge is 0.273 e. The molecule has 0 aliphatic carbocycles. The van der Waals surface area contributed by atoms with E-state index in [-0.39, 0.29) is 0 Å². The van der Waals surface area contributed by atoms with Gasteiger partial charge in [-0.15, -0.1) is 0 Å². The van der Waals surface area contributed by atoms with Crippen LogP contribution in [0.4, 0.5) is 0 Å². The van der Waals surface area contributed by atoms with Crippen LogP contribution in [0.2, 0.25) is 0 Å². The normalized spacial score (nSPS) is 8.30. The van der Waals surface area contributed by atoms with Crippen molar-refractivity contribution in [3.8, 4) is 0 Å². The Bertz CT molecular complexity index is 112. The van der Waals surface area contributed by atoms with Gasteiger partial charge in [-0.25, -0.2) is 0 Å². The molecule has 0 heterocycles. The zero-order valence-electron chi connectivity index (χ0n) is 7.22. The molecule has 0 radical (unpaired) electrons. The minimum atomic E-state index is 0.978. The molecule has 0 atom stereocenters. The van der Waals surface area contributed by atoms with Crippen LogP contribution in [0.15, 0.2) is 29.4 Å². The van der Waals surface area contributed by atoms with Gasteiger partial charge in [0.25, 0.3) is 0 Å². The lowest BCUT2D eigenvalue weighted by molar-refractivity contribution is 1.16. The molecule has 0 unspecified atom stereocenters. The Morgan fingerprint density at radius 2 is 2.00 bits per heavy atom. The molecular weight excluding hydrogens is 122 g/mol.